The summed E-state index contributed by atoms with van der Waals surface area (Å²) in [4.78, 5) is 0.413. The first-order valence-electron chi connectivity index (χ1n) is 7.87. The Morgan fingerprint density at radius 3 is 2.86 bits per heavy atom. The molecule has 3 nitrogen and oxygen atoms in total. The maximum absolute atomic E-state index is 6.18. The highest BCUT2D eigenvalue weighted by Gasteiger charge is 2.39. The van der Waals surface area contributed by atoms with Gasteiger partial charge in [-0.3, -0.25) is 0 Å². The first-order valence-corrected chi connectivity index (χ1v) is 8.28. The summed E-state index contributed by atoms with van der Waals surface area (Å²) in [5.41, 5.74) is 6.62. The maximum atomic E-state index is 6.18. The number of ether oxygens (including phenoxy) is 2. The zero-order valence-corrected chi connectivity index (χ0v) is 13.2. The molecule has 2 aliphatic rings. The Balaban J connectivity index is 1.67. The van der Waals surface area contributed by atoms with Gasteiger partial charge in [-0.25, -0.2) is 0 Å². The van der Waals surface area contributed by atoms with E-state index in [1.54, 1.807) is 0 Å². The fraction of sp³-hybridized carbons (Fsp3) is 0.588. The lowest BCUT2D eigenvalue weighted by Gasteiger charge is -2.43. The minimum atomic E-state index is 0.0714. The summed E-state index contributed by atoms with van der Waals surface area (Å²) in [7, 11) is 0. The van der Waals surface area contributed by atoms with E-state index in [-0.39, 0.29) is 11.7 Å². The molecule has 1 aliphatic heterocycles. The summed E-state index contributed by atoms with van der Waals surface area (Å²) in [5, 5.41) is 0. The second-order valence-electron chi connectivity index (χ2n) is 6.22. The largest absolute Gasteiger partial charge is 0.490 e. The maximum Gasteiger partial charge on any atom is 0.120 e. The lowest BCUT2D eigenvalue weighted by atomic mass is 9.79. The molecule has 3 rings (SSSR count). The van der Waals surface area contributed by atoms with E-state index in [2.05, 4.69) is 0 Å². The molecule has 1 saturated carbocycles. The number of benzene rings is 1. The molecule has 1 atom stereocenters. The van der Waals surface area contributed by atoms with Gasteiger partial charge in [0.2, 0.25) is 0 Å². The normalized spacial score (nSPS) is 24.7. The van der Waals surface area contributed by atoms with Crippen molar-refractivity contribution in [3.8, 4) is 5.75 Å². The highest BCUT2D eigenvalue weighted by molar-refractivity contribution is 7.80. The molecule has 2 N–H and O–H groups in total. The van der Waals surface area contributed by atoms with Crippen molar-refractivity contribution in [2.24, 2.45) is 5.73 Å². The first-order chi connectivity index (χ1) is 10.2. The highest BCUT2D eigenvalue weighted by atomic mass is 32.1. The number of hydrogen-bond acceptors (Lipinski definition) is 3. The van der Waals surface area contributed by atoms with E-state index in [0.29, 0.717) is 4.99 Å². The minimum absolute atomic E-state index is 0.0714. The van der Waals surface area contributed by atoms with Gasteiger partial charge in [0.1, 0.15) is 16.8 Å². The van der Waals surface area contributed by atoms with E-state index in [1.165, 1.54) is 32.1 Å². The Labute approximate surface area is 131 Å². The summed E-state index contributed by atoms with van der Waals surface area (Å²) in [6.45, 7) is 0.805. The molecule has 21 heavy (non-hydrogen) atoms. The van der Waals surface area contributed by atoms with Crippen molar-refractivity contribution in [3.63, 3.8) is 0 Å². The van der Waals surface area contributed by atoms with Crippen LogP contribution in [-0.2, 0) is 4.74 Å². The van der Waals surface area contributed by atoms with Crippen LogP contribution in [0, 0.1) is 0 Å². The SMILES string of the molecule is NC(=S)c1cccc(OC2CCOC3(CCCCC3)C2)c1. The van der Waals surface area contributed by atoms with Gasteiger partial charge in [-0.05, 0) is 25.0 Å². The van der Waals surface area contributed by atoms with E-state index in [4.69, 9.17) is 27.4 Å². The van der Waals surface area contributed by atoms with Gasteiger partial charge in [0.05, 0.1) is 12.2 Å². The molecule has 1 aromatic carbocycles. The smallest absolute Gasteiger partial charge is 0.120 e. The minimum Gasteiger partial charge on any atom is -0.490 e. The molecule has 1 unspecified atom stereocenters. The Bertz CT molecular complexity index is 506. The van der Waals surface area contributed by atoms with Crippen molar-refractivity contribution in [1.29, 1.82) is 0 Å². The average molecular weight is 305 g/mol. The molecule has 2 fully saturated rings. The molecule has 0 radical (unpaired) electrons. The van der Waals surface area contributed by atoms with Gasteiger partial charge in [-0.2, -0.15) is 0 Å². The molecule has 1 saturated heterocycles. The molecule has 0 amide bonds. The van der Waals surface area contributed by atoms with E-state index >= 15 is 0 Å². The Kier molecular flexibility index (Phi) is 4.45. The van der Waals surface area contributed by atoms with Gasteiger partial charge in [0.25, 0.3) is 0 Å². The predicted octanol–water partition coefficient (Wildman–Crippen LogP) is 3.58. The fourth-order valence-electron chi connectivity index (χ4n) is 3.54. The van der Waals surface area contributed by atoms with Crippen molar-refractivity contribution < 1.29 is 9.47 Å². The second-order valence-corrected chi connectivity index (χ2v) is 6.66. The van der Waals surface area contributed by atoms with Crippen LogP contribution in [0.4, 0.5) is 0 Å². The topological polar surface area (TPSA) is 44.5 Å². The van der Waals surface area contributed by atoms with Crippen molar-refractivity contribution in [3.05, 3.63) is 29.8 Å². The van der Waals surface area contributed by atoms with E-state index in [1.807, 2.05) is 24.3 Å². The van der Waals surface area contributed by atoms with Gasteiger partial charge in [0.15, 0.2) is 0 Å². The molecule has 1 heterocycles. The Morgan fingerprint density at radius 1 is 1.29 bits per heavy atom. The Morgan fingerprint density at radius 2 is 2.10 bits per heavy atom. The van der Waals surface area contributed by atoms with E-state index in [0.717, 1.165) is 30.8 Å². The van der Waals surface area contributed by atoms with E-state index < -0.39 is 0 Å². The monoisotopic (exact) mass is 305 g/mol. The molecule has 1 spiro atoms. The van der Waals surface area contributed by atoms with Gasteiger partial charge in [-0.1, -0.05) is 43.6 Å². The van der Waals surface area contributed by atoms with Crippen LogP contribution in [0.3, 0.4) is 0 Å². The molecule has 0 aromatic heterocycles. The molecule has 1 aromatic rings. The van der Waals surface area contributed by atoms with Crippen LogP contribution in [0.1, 0.15) is 50.5 Å². The second kappa shape index (κ2) is 6.32. The van der Waals surface area contributed by atoms with Gasteiger partial charge in [-0.15, -0.1) is 0 Å². The lowest BCUT2D eigenvalue weighted by Crippen LogP contribution is -2.45. The van der Waals surface area contributed by atoms with Crippen molar-refractivity contribution in [1.82, 2.24) is 0 Å². The molecular formula is C17H23NO2S. The first kappa shape index (κ1) is 14.8. The van der Waals surface area contributed by atoms with Gasteiger partial charge in [0, 0.05) is 18.4 Å². The molecular weight excluding hydrogens is 282 g/mol. The van der Waals surface area contributed by atoms with Crippen molar-refractivity contribution in [2.45, 2.75) is 56.7 Å². The standard InChI is InChI=1S/C17H23NO2S/c18-16(21)13-5-4-6-14(11-13)20-15-7-10-19-17(12-15)8-2-1-3-9-17/h4-6,11,15H,1-3,7-10,12H2,(H2,18,21). The zero-order chi connectivity index (χ0) is 14.7. The van der Waals surface area contributed by atoms with Crippen LogP contribution in [0.5, 0.6) is 5.75 Å². The van der Waals surface area contributed by atoms with Crippen LogP contribution < -0.4 is 10.5 Å². The molecule has 0 bridgehead atoms. The third kappa shape index (κ3) is 3.55. The summed E-state index contributed by atoms with van der Waals surface area (Å²) in [6, 6.07) is 7.78. The quantitative estimate of drug-likeness (QED) is 0.867. The number of thiocarbonyl (C=S) groups is 1. The van der Waals surface area contributed by atoms with Gasteiger partial charge < -0.3 is 15.2 Å². The summed E-state index contributed by atoms with van der Waals surface area (Å²) in [6.07, 6.45) is 8.46. The summed E-state index contributed by atoms with van der Waals surface area (Å²) >= 11 is 5.03. The highest BCUT2D eigenvalue weighted by Crippen LogP contribution is 2.39. The molecule has 1 aliphatic carbocycles. The zero-order valence-electron chi connectivity index (χ0n) is 12.3. The third-order valence-corrected chi connectivity index (χ3v) is 4.87. The predicted molar refractivity (Wildman–Crippen MR) is 87.7 cm³/mol. The molecule has 114 valence electrons. The lowest BCUT2D eigenvalue weighted by molar-refractivity contribution is -0.129. The van der Waals surface area contributed by atoms with Crippen LogP contribution in [0.15, 0.2) is 24.3 Å². The fourth-order valence-corrected chi connectivity index (χ4v) is 3.67. The molecule has 4 heteroatoms. The van der Waals surface area contributed by atoms with E-state index in [9.17, 15) is 0 Å². The summed E-state index contributed by atoms with van der Waals surface area (Å²) in [5.74, 6) is 0.859. The van der Waals surface area contributed by atoms with Crippen LogP contribution >= 0.6 is 12.2 Å². The number of rotatable bonds is 3. The van der Waals surface area contributed by atoms with Crippen LogP contribution in [0.2, 0.25) is 0 Å². The van der Waals surface area contributed by atoms with Crippen LogP contribution in [0.25, 0.3) is 0 Å². The Hall–Kier alpha value is -1.13. The number of nitrogens with two attached hydrogens (primary N) is 1. The van der Waals surface area contributed by atoms with Crippen LogP contribution in [-0.4, -0.2) is 23.3 Å². The summed E-state index contributed by atoms with van der Waals surface area (Å²) < 4.78 is 12.3. The average Bonchev–Trinajstić information content (AvgIpc) is 2.48. The van der Waals surface area contributed by atoms with Crippen molar-refractivity contribution in [2.75, 3.05) is 6.61 Å². The van der Waals surface area contributed by atoms with Gasteiger partial charge >= 0.3 is 0 Å². The van der Waals surface area contributed by atoms with Crippen molar-refractivity contribution >= 4 is 17.2 Å². The third-order valence-electron chi connectivity index (χ3n) is 4.63. The number of hydrogen-bond donors (Lipinski definition) is 1.